The van der Waals surface area contributed by atoms with Crippen molar-refractivity contribution in [1.29, 1.82) is 0 Å². The van der Waals surface area contributed by atoms with E-state index < -0.39 is 17.7 Å². The first-order valence-electron chi connectivity index (χ1n) is 9.22. The third-order valence-electron chi connectivity index (χ3n) is 4.84. The molecule has 0 saturated heterocycles. The topological polar surface area (TPSA) is 37.3 Å². The average molecular weight is 381 g/mol. The third kappa shape index (κ3) is 3.26. The van der Waals surface area contributed by atoms with Crippen molar-refractivity contribution in [2.75, 3.05) is 0 Å². The largest absolute Gasteiger partial charge is 0.336 e. The maximum Gasteiger partial charge on any atom is 0.318 e. The highest BCUT2D eigenvalue weighted by Crippen LogP contribution is 2.37. The van der Waals surface area contributed by atoms with Gasteiger partial charge in [-0.25, -0.2) is 13.6 Å². The molecule has 1 atom stereocenters. The molecule has 0 unspecified atom stereocenters. The highest BCUT2D eigenvalue weighted by atomic mass is 19.1. The molecule has 2 amide bonds. The van der Waals surface area contributed by atoms with Crippen LogP contribution in [0.15, 0.2) is 60.8 Å². The van der Waals surface area contributed by atoms with E-state index in [2.05, 4.69) is 5.32 Å². The zero-order valence-corrected chi connectivity index (χ0v) is 15.7. The average Bonchev–Trinajstić information content (AvgIpc) is 3.04. The molecule has 0 spiro atoms. The van der Waals surface area contributed by atoms with Gasteiger partial charge in [0.1, 0.15) is 11.6 Å². The highest BCUT2D eigenvalue weighted by Gasteiger charge is 2.33. The van der Waals surface area contributed by atoms with Crippen molar-refractivity contribution < 1.29 is 13.6 Å². The van der Waals surface area contributed by atoms with Gasteiger partial charge >= 0.3 is 6.03 Å². The van der Waals surface area contributed by atoms with Gasteiger partial charge in [0.15, 0.2) is 0 Å². The Kier molecular flexibility index (Phi) is 4.63. The number of nitrogens with zero attached hydrogens (tertiary/aromatic N) is 2. The van der Waals surface area contributed by atoms with Gasteiger partial charge in [-0.2, -0.15) is 0 Å². The molecule has 144 valence electrons. The number of carbonyl (C=O) groups excluding carboxylic acids is 1. The Bertz CT molecular complexity index is 1010. The van der Waals surface area contributed by atoms with Crippen LogP contribution in [-0.2, 0) is 6.54 Å². The Labute approximate surface area is 162 Å². The summed E-state index contributed by atoms with van der Waals surface area (Å²) in [6.07, 6.45) is 1.90. The summed E-state index contributed by atoms with van der Waals surface area (Å²) in [6.45, 7) is 4.08. The van der Waals surface area contributed by atoms with Gasteiger partial charge < -0.3 is 14.8 Å². The Morgan fingerprint density at radius 2 is 1.79 bits per heavy atom. The summed E-state index contributed by atoms with van der Waals surface area (Å²) in [4.78, 5) is 14.7. The molecule has 0 fully saturated rings. The molecule has 1 aromatic heterocycles. The number of urea groups is 1. The SMILES string of the molecule is CC(C)NC(=O)N1Cc2ccccc2-n2cccc2[C@H]1c1cc(F)cc(F)c1. The minimum absolute atomic E-state index is 0.0670. The summed E-state index contributed by atoms with van der Waals surface area (Å²) >= 11 is 0. The molecule has 0 saturated carbocycles. The van der Waals surface area contributed by atoms with Crippen molar-refractivity contribution in [2.45, 2.75) is 32.5 Å². The molecule has 2 heterocycles. The first-order chi connectivity index (χ1) is 13.4. The first-order valence-corrected chi connectivity index (χ1v) is 9.22. The molecular weight excluding hydrogens is 360 g/mol. The van der Waals surface area contributed by atoms with E-state index in [-0.39, 0.29) is 12.1 Å². The second kappa shape index (κ2) is 7.11. The van der Waals surface area contributed by atoms with Crippen LogP contribution < -0.4 is 5.32 Å². The van der Waals surface area contributed by atoms with Crippen LogP contribution in [0, 0.1) is 11.6 Å². The number of benzene rings is 2. The summed E-state index contributed by atoms with van der Waals surface area (Å²) < 4.78 is 30.0. The third-order valence-corrected chi connectivity index (χ3v) is 4.84. The van der Waals surface area contributed by atoms with Crippen molar-refractivity contribution in [1.82, 2.24) is 14.8 Å². The lowest BCUT2D eigenvalue weighted by atomic mass is 10.0. The summed E-state index contributed by atoms with van der Waals surface area (Å²) in [5.41, 5.74) is 3.07. The summed E-state index contributed by atoms with van der Waals surface area (Å²) in [7, 11) is 0. The smallest absolute Gasteiger partial charge is 0.318 e. The zero-order chi connectivity index (χ0) is 19.8. The van der Waals surface area contributed by atoms with E-state index in [9.17, 15) is 13.6 Å². The fourth-order valence-corrected chi connectivity index (χ4v) is 3.75. The van der Waals surface area contributed by atoms with Crippen molar-refractivity contribution in [2.24, 2.45) is 0 Å². The van der Waals surface area contributed by atoms with Crippen molar-refractivity contribution >= 4 is 6.03 Å². The predicted octanol–water partition coefficient (Wildman–Crippen LogP) is 4.78. The molecule has 4 rings (SSSR count). The number of carbonyl (C=O) groups is 1. The maximum absolute atomic E-state index is 14.0. The number of amides is 2. The van der Waals surface area contributed by atoms with Gasteiger partial charge in [-0.05, 0) is 55.3 Å². The van der Waals surface area contributed by atoms with Gasteiger partial charge in [0, 0.05) is 24.0 Å². The van der Waals surface area contributed by atoms with Crippen LogP contribution >= 0.6 is 0 Å². The Morgan fingerprint density at radius 3 is 2.50 bits per heavy atom. The molecule has 3 aromatic rings. The van der Waals surface area contributed by atoms with E-state index in [1.54, 1.807) is 4.90 Å². The quantitative estimate of drug-likeness (QED) is 0.682. The second-order valence-electron chi connectivity index (χ2n) is 7.27. The fourth-order valence-electron chi connectivity index (χ4n) is 3.75. The molecular formula is C22H21F2N3O. The van der Waals surface area contributed by atoms with Crippen LogP contribution in [0.25, 0.3) is 5.69 Å². The van der Waals surface area contributed by atoms with Crippen molar-refractivity contribution in [3.05, 3.63) is 89.2 Å². The molecule has 0 radical (unpaired) electrons. The first kappa shape index (κ1) is 18.2. The molecule has 1 aliphatic heterocycles. The lowest BCUT2D eigenvalue weighted by molar-refractivity contribution is 0.178. The number of para-hydroxylation sites is 1. The van der Waals surface area contributed by atoms with Crippen molar-refractivity contribution in [3.63, 3.8) is 0 Å². The van der Waals surface area contributed by atoms with E-state index in [1.807, 2.05) is 61.0 Å². The number of aromatic nitrogens is 1. The summed E-state index contributed by atoms with van der Waals surface area (Å²) in [6, 6.07) is 14.0. The van der Waals surface area contributed by atoms with Gasteiger partial charge in [0.05, 0.1) is 18.3 Å². The molecule has 28 heavy (non-hydrogen) atoms. The van der Waals surface area contributed by atoms with Gasteiger partial charge in [-0.3, -0.25) is 0 Å². The maximum atomic E-state index is 14.0. The standard InChI is InChI=1S/C22H21F2N3O/c1-14(2)25-22(28)27-13-15-6-3-4-7-19(15)26-9-5-8-20(26)21(27)16-10-17(23)12-18(24)11-16/h3-12,14,21H,13H2,1-2H3,(H,25,28)/t21-/m1/s1. The lowest BCUT2D eigenvalue weighted by Gasteiger charge is -2.31. The van der Waals surface area contributed by atoms with E-state index in [1.165, 1.54) is 12.1 Å². The molecule has 2 aromatic carbocycles. The molecule has 6 heteroatoms. The normalized spacial score (nSPS) is 15.8. The molecule has 4 nitrogen and oxygen atoms in total. The summed E-state index contributed by atoms with van der Waals surface area (Å²) in [5.74, 6) is -1.34. The van der Waals surface area contributed by atoms with E-state index in [0.717, 1.165) is 23.0 Å². The Balaban J connectivity index is 1.93. The second-order valence-corrected chi connectivity index (χ2v) is 7.27. The van der Waals surface area contributed by atoms with Gasteiger partial charge in [0.25, 0.3) is 0 Å². The molecule has 1 aliphatic rings. The van der Waals surface area contributed by atoms with Gasteiger partial charge in [-0.15, -0.1) is 0 Å². The Hall–Kier alpha value is -3.15. The number of hydrogen-bond donors (Lipinski definition) is 1. The van der Waals surface area contributed by atoms with Crippen LogP contribution in [0.1, 0.15) is 36.7 Å². The lowest BCUT2D eigenvalue weighted by Crippen LogP contribution is -2.44. The van der Waals surface area contributed by atoms with Crippen LogP contribution in [0.5, 0.6) is 0 Å². The zero-order valence-electron chi connectivity index (χ0n) is 15.7. The van der Waals surface area contributed by atoms with Crippen LogP contribution in [-0.4, -0.2) is 21.5 Å². The van der Waals surface area contributed by atoms with Crippen LogP contribution in [0.4, 0.5) is 13.6 Å². The van der Waals surface area contributed by atoms with Crippen LogP contribution in [0.2, 0.25) is 0 Å². The highest BCUT2D eigenvalue weighted by molar-refractivity contribution is 5.76. The van der Waals surface area contributed by atoms with Gasteiger partial charge in [-0.1, -0.05) is 18.2 Å². The van der Waals surface area contributed by atoms with Crippen LogP contribution in [0.3, 0.4) is 0 Å². The minimum Gasteiger partial charge on any atom is -0.336 e. The Morgan fingerprint density at radius 1 is 1.07 bits per heavy atom. The summed E-state index contributed by atoms with van der Waals surface area (Å²) in [5, 5.41) is 2.91. The number of fused-ring (bicyclic) bond motifs is 3. The number of nitrogens with one attached hydrogen (secondary N) is 1. The van der Waals surface area contributed by atoms with E-state index in [0.29, 0.717) is 12.1 Å². The van der Waals surface area contributed by atoms with E-state index >= 15 is 0 Å². The van der Waals surface area contributed by atoms with Gasteiger partial charge in [0.2, 0.25) is 0 Å². The number of halogens is 2. The van der Waals surface area contributed by atoms with Crippen molar-refractivity contribution in [3.8, 4) is 5.69 Å². The monoisotopic (exact) mass is 381 g/mol. The number of hydrogen-bond acceptors (Lipinski definition) is 1. The van der Waals surface area contributed by atoms with E-state index in [4.69, 9.17) is 0 Å². The molecule has 0 aliphatic carbocycles. The number of rotatable bonds is 2. The molecule has 1 N–H and O–H groups in total. The fraction of sp³-hybridized carbons (Fsp3) is 0.227. The predicted molar refractivity (Wildman–Crippen MR) is 103 cm³/mol. The molecule has 0 bridgehead atoms. The minimum atomic E-state index is -0.668.